The Bertz CT molecular complexity index is 6790. The van der Waals surface area contributed by atoms with Crippen molar-refractivity contribution in [2.24, 2.45) is 0 Å². The number of carboxylic acids is 1. The number of carbonyl (C=O) groups is 2. The molecule has 17 aromatic carbocycles. The van der Waals surface area contributed by atoms with Crippen molar-refractivity contribution in [3.8, 4) is 11.1 Å². The van der Waals surface area contributed by atoms with Gasteiger partial charge in [0.15, 0.2) is 11.4 Å². The van der Waals surface area contributed by atoms with Crippen molar-refractivity contribution in [3.63, 3.8) is 0 Å². The first kappa shape index (κ1) is 119. The molecule has 0 atom stereocenters. The number of methoxy groups -OCH3 is 1. The number of benzene rings is 17. The number of ether oxygens (including phenoxy) is 2. The molecular weight excluding hydrogens is 2340 g/mol. The SMILES string of the molecule is Brc1cc(Br)cc(I)c1.C1CCOC1.COC(=O)c1ccccc1Nc1ccccc1.O=C(O)c1ccccc1Nc1ccccc1.O=S(=O)(O)O.O=S(Cl)Cl.OC(c1ccccc1)(c1ccccc1)c1ccccc1Nc1ccccc1.[Br-].[C-]#[N+]c1ccccc1-c1cc(Br)cc(Br)c1.[C-]#[N+]c1ccccc1B(O)O.[Mg+2].[c-]1ccccc1.c1ccc(C2(c3ccccc3)c3ccccc3Cc3ccccc32)cc1. The van der Waals surface area contributed by atoms with E-state index in [9.17, 15) is 14.7 Å². The zero-order valence-corrected chi connectivity index (χ0v) is 92.0. The van der Waals surface area contributed by atoms with Gasteiger partial charge in [-0.15, -0.1) is 0 Å². The van der Waals surface area contributed by atoms with E-state index in [-0.39, 0.29) is 68.1 Å². The molecule has 0 aromatic heterocycles. The zero-order valence-electron chi connectivity index (χ0n) is 77.3. The maximum Gasteiger partial charge on any atom is 2.00 e. The van der Waals surface area contributed by atoms with Gasteiger partial charge in [-0.05, 0) is 206 Å². The Morgan fingerprint density at radius 2 is 0.806 bits per heavy atom. The Hall–Kier alpha value is -11.5. The van der Waals surface area contributed by atoms with E-state index in [1.807, 2.05) is 273 Å². The van der Waals surface area contributed by atoms with Crippen LogP contribution in [0.4, 0.5) is 45.5 Å². The molecule has 1 heterocycles. The van der Waals surface area contributed by atoms with E-state index in [1.165, 1.54) is 63.0 Å². The molecule has 0 saturated carbocycles. The van der Waals surface area contributed by atoms with Crippen molar-refractivity contribution in [1.82, 2.24) is 0 Å². The predicted molar refractivity (Wildman–Crippen MR) is 605 cm³/mol. The van der Waals surface area contributed by atoms with Gasteiger partial charge in [0.1, 0.15) is 5.60 Å². The van der Waals surface area contributed by atoms with Gasteiger partial charge in [-0.2, -0.15) is 44.8 Å². The molecule has 18 nitrogen and oxygen atoms in total. The Morgan fingerprint density at radius 3 is 1.18 bits per heavy atom. The zero-order chi connectivity index (χ0) is 102. The number of rotatable bonds is 15. The van der Waals surface area contributed by atoms with Crippen LogP contribution in [0.5, 0.6) is 0 Å². The van der Waals surface area contributed by atoms with Gasteiger partial charge in [-0.3, -0.25) is 9.11 Å². The van der Waals surface area contributed by atoms with E-state index in [4.69, 9.17) is 59.5 Å². The van der Waals surface area contributed by atoms with Crippen LogP contribution in [0.1, 0.15) is 83.6 Å². The molecule has 1 saturated heterocycles. The van der Waals surface area contributed by atoms with Crippen LogP contribution in [0.15, 0.2) is 467 Å². The van der Waals surface area contributed by atoms with Crippen LogP contribution in [-0.2, 0) is 46.5 Å². The second-order valence-corrected chi connectivity index (χ2v) is 38.6. The normalized spacial score (nSPS) is 11.1. The third kappa shape index (κ3) is 39.1. The van der Waals surface area contributed by atoms with Crippen LogP contribution in [0.25, 0.3) is 20.8 Å². The van der Waals surface area contributed by atoms with E-state index < -0.39 is 38.3 Å². The summed E-state index contributed by atoms with van der Waals surface area (Å²) in [7, 11) is 2.51. The summed E-state index contributed by atoms with van der Waals surface area (Å²) in [6.07, 6.45) is 3.55. The van der Waals surface area contributed by atoms with Gasteiger partial charge >= 0.3 is 52.5 Å². The minimum atomic E-state index is -4.67. The molecule has 0 bridgehead atoms. The van der Waals surface area contributed by atoms with Crippen LogP contribution in [-0.4, -0.2) is 104 Å². The number of carbonyl (C=O) groups excluding carboxylic acids is 1. The fraction of sp³-hybridized carbons (Fsp3) is 0.0702. The summed E-state index contributed by atoms with van der Waals surface area (Å²) in [6.45, 7) is 15.8. The number of nitrogens with one attached hydrogen (secondary N) is 3. The topological polar surface area (TPSA) is 270 Å². The second kappa shape index (κ2) is 64.4. The molecule has 0 radical (unpaired) electrons. The third-order valence-corrected chi connectivity index (χ3v) is 23.2. The molecule has 1 fully saturated rings. The Labute approximate surface area is 926 Å². The molecule has 728 valence electrons. The first-order chi connectivity index (χ1) is 68.6. The van der Waals surface area contributed by atoms with Gasteiger partial charge in [-0.1, -0.05) is 379 Å². The summed E-state index contributed by atoms with van der Waals surface area (Å²) in [5.41, 5.74) is 18.2. The predicted octanol–water partition coefficient (Wildman–Crippen LogP) is 26.5. The number of fused-ring (bicyclic) bond motifs is 2. The van der Waals surface area contributed by atoms with Crippen molar-refractivity contribution in [2.45, 2.75) is 30.3 Å². The Balaban J connectivity index is 0.000000224. The third-order valence-electron chi connectivity index (χ3n) is 20.8. The smallest absolute Gasteiger partial charge is 1.00 e. The van der Waals surface area contributed by atoms with E-state index in [2.05, 4.69) is 261 Å². The van der Waals surface area contributed by atoms with Gasteiger partial charge < -0.3 is 62.7 Å². The van der Waals surface area contributed by atoms with E-state index in [1.54, 1.807) is 48.5 Å². The monoisotopic (exact) mass is 2430 g/mol. The number of para-hydroxylation sites is 8. The summed E-state index contributed by atoms with van der Waals surface area (Å²) in [6, 6.07) is 149. The molecular formula is C114H96BBr5Cl2IMgN5O13S2. The van der Waals surface area contributed by atoms with Gasteiger partial charge in [0.2, 0.25) is 9.23 Å². The molecule has 17 aromatic rings. The van der Waals surface area contributed by atoms with Gasteiger partial charge in [0.25, 0.3) is 0 Å². The van der Waals surface area contributed by atoms with Crippen LogP contribution in [0, 0.1) is 22.8 Å². The van der Waals surface area contributed by atoms with Crippen molar-refractivity contribution < 1.29 is 78.0 Å². The van der Waals surface area contributed by atoms with Crippen LogP contribution < -0.4 is 38.4 Å². The molecule has 30 heteroatoms. The number of hydrogen-bond donors (Lipinski definition) is 9. The van der Waals surface area contributed by atoms with Gasteiger partial charge in [0, 0.05) is 84.4 Å². The molecule has 0 spiro atoms. The van der Waals surface area contributed by atoms with Crippen molar-refractivity contribution in [2.75, 3.05) is 36.3 Å². The first-order valence-corrected chi connectivity index (χ1v) is 52.1. The first-order valence-electron chi connectivity index (χ1n) is 43.6. The summed E-state index contributed by atoms with van der Waals surface area (Å²) < 4.78 is 55.8. The summed E-state index contributed by atoms with van der Waals surface area (Å²) in [5, 5.41) is 48.3. The number of hydrogen-bond acceptors (Lipinski definition) is 13. The molecule has 19 rings (SSSR count). The van der Waals surface area contributed by atoms with Gasteiger partial charge in [-0.25, -0.2) is 23.5 Å². The number of carboxylic acid groups (broad SMARTS) is 1. The number of nitrogens with zero attached hydrogens (tertiary/aromatic N) is 2. The molecule has 0 unspecified atom stereocenters. The summed E-state index contributed by atoms with van der Waals surface area (Å²) in [4.78, 5) is 29.2. The molecule has 1 aliphatic heterocycles. The standard InChI is InChI=1S/C26H20.C25H21NO.C14H13NO2.C13H7Br2N.C13H11NO2.C7H6BNO2.C6H3Br2I.C6H5.C4H8O.BrH.Cl2OS.Mg.H2O4S/c1-3-13-22(14-4-1)26(23-15-5-2-6-16-23)24-17-9-7-11-20(24)19-21-12-8-10-18-25(21)26;27-25(20-12-4-1-5-13-20,21-14-6-2-7-15-21)23-18-10-11-19-24(23)26-22-16-8-3-9-17-22;1-17-14(16)12-9-5-6-10-13(12)15-11-7-3-2-4-8-11;1-16-13-5-3-2-4-12(13)9-6-10(14)8-11(15)7-9;15-13(16)11-8-4-5-9-12(11)14-10-6-2-1-3-7-10;1-9-7-5-3-2-4-6(7)8(10)11;7-4-1-5(8)3-6(9)2-4;1-2-4-6-5-3-1;1-2-4-5-3-1;;1-4(2)3;;1-5(2,3)4/h1-18H,19H2;1-19,26-27H;2-10,15H,1H3;2-8H;1-9,14H,(H,15,16);2-5,10-11H;1-3H;1-5H;1-4H2;1H;;;(H2,1,2,3,4)/q;;;;;;;-1;;;;+2;/p-1. The Morgan fingerprint density at radius 1 is 0.472 bits per heavy atom. The summed E-state index contributed by atoms with van der Waals surface area (Å²) >= 11 is 15.9. The van der Waals surface area contributed by atoms with Gasteiger partial charge in [0.05, 0.1) is 48.2 Å². The minimum absolute atomic E-state index is 0. The van der Waals surface area contributed by atoms with Crippen molar-refractivity contribution in [3.05, 3.63) is 560 Å². The van der Waals surface area contributed by atoms with E-state index >= 15 is 0 Å². The average molecular weight is 2440 g/mol. The molecule has 144 heavy (non-hydrogen) atoms. The van der Waals surface area contributed by atoms with Crippen LogP contribution >= 0.6 is 108 Å². The second-order valence-electron chi connectivity index (χ2n) is 30.3. The Kier molecular flexibility index (Phi) is 53.4. The number of anilines is 6. The summed E-state index contributed by atoms with van der Waals surface area (Å²) in [5.74, 6) is -1.27. The number of halogens is 8. The quantitative estimate of drug-likeness (QED) is 0.00878. The fourth-order valence-corrected chi connectivity index (χ4v) is 18.8. The van der Waals surface area contributed by atoms with Crippen molar-refractivity contribution in [1.29, 1.82) is 0 Å². The van der Waals surface area contributed by atoms with Crippen LogP contribution in [0.2, 0.25) is 0 Å². The largest absolute Gasteiger partial charge is 2.00 e. The minimum Gasteiger partial charge on any atom is -1.00 e. The fourth-order valence-electron chi connectivity index (χ4n) is 14.7. The maximum atomic E-state index is 12.0. The molecule has 2 aliphatic rings. The number of aromatic carboxylic acids is 1. The molecule has 0 amide bonds. The molecule has 1 aliphatic carbocycles. The maximum absolute atomic E-state index is 12.0. The number of esters is 1. The average Bonchev–Trinajstić information content (AvgIpc) is 0.773. The number of aliphatic hydroxyl groups is 1. The van der Waals surface area contributed by atoms with E-state index in [0.717, 1.165) is 93.8 Å². The van der Waals surface area contributed by atoms with Crippen molar-refractivity contribution >= 4 is 220 Å². The molecule has 9 N–H and O–H groups in total. The van der Waals surface area contributed by atoms with Crippen LogP contribution in [0.3, 0.4) is 0 Å². The van der Waals surface area contributed by atoms with E-state index in [0.29, 0.717) is 16.9 Å².